The molecule has 11 nitrogen and oxygen atoms in total. The number of aliphatic hydroxyl groups is 5. The Hall–Kier alpha value is -0.620. The summed E-state index contributed by atoms with van der Waals surface area (Å²) in [6.45, 7) is -1.05. The second-order valence-electron chi connectivity index (χ2n) is 6.83. The van der Waals surface area contributed by atoms with Crippen molar-refractivity contribution in [3.8, 4) is 0 Å². The van der Waals surface area contributed by atoms with Crippen molar-refractivity contribution in [2.24, 2.45) is 5.73 Å². The van der Waals surface area contributed by atoms with Crippen LogP contribution in [0.4, 0.5) is 0 Å². The first kappa shape index (κ1) is 27.4. The lowest BCUT2D eigenvalue weighted by atomic mass is 10.0. The van der Waals surface area contributed by atoms with E-state index in [-0.39, 0.29) is 13.0 Å². The lowest BCUT2D eigenvalue weighted by Crippen LogP contribution is -2.51. The lowest BCUT2D eigenvalue weighted by Gasteiger charge is -2.30. The van der Waals surface area contributed by atoms with E-state index in [2.05, 4.69) is 0 Å². The average molecular weight is 430 g/mol. The van der Waals surface area contributed by atoms with Gasteiger partial charge in [-0.25, -0.2) is 0 Å². The molecule has 0 spiro atoms. The SMILES string of the molecule is NCCCCCCCC(=O)N(CCP(=O)(O)O)C[C@H](O)[C@@H](O)[C@H](O)[C@H](O)CO. The third-order valence-electron chi connectivity index (χ3n) is 4.34. The van der Waals surface area contributed by atoms with Crippen molar-refractivity contribution in [1.29, 1.82) is 0 Å². The second-order valence-corrected chi connectivity index (χ2v) is 8.61. The molecule has 0 aromatic rings. The molecule has 0 aliphatic rings. The zero-order valence-corrected chi connectivity index (χ0v) is 16.9. The molecule has 0 heterocycles. The van der Waals surface area contributed by atoms with Crippen LogP contribution < -0.4 is 5.73 Å². The van der Waals surface area contributed by atoms with Gasteiger partial charge in [0.2, 0.25) is 5.91 Å². The largest absolute Gasteiger partial charge is 0.394 e. The van der Waals surface area contributed by atoms with Crippen molar-refractivity contribution < 1.29 is 44.7 Å². The van der Waals surface area contributed by atoms with Gasteiger partial charge in [0.25, 0.3) is 0 Å². The van der Waals surface area contributed by atoms with Crippen molar-refractivity contribution in [2.75, 3.05) is 32.4 Å². The van der Waals surface area contributed by atoms with E-state index in [0.29, 0.717) is 13.0 Å². The van der Waals surface area contributed by atoms with Gasteiger partial charge in [0.1, 0.15) is 24.4 Å². The number of aliphatic hydroxyl groups excluding tert-OH is 5. The first-order valence-corrected chi connectivity index (χ1v) is 11.2. The molecular weight excluding hydrogens is 395 g/mol. The molecule has 0 fully saturated rings. The molecule has 0 bridgehead atoms. The minimum absolute atomic E-state index is 0.106. The van der Waals surface area contributed by atoms with E-state index in [9.17, 15) is 29.8 Å². The Balaban J connectivity index is 4.77. The molecule has 0 saturated carbocycles. The molecule has 9 N–H and O–H groups in total. The third-order valence-corrected chi connectivity index (χ3v) is 5.12. The molecular formula is C16H35N2O9P. The molecule has 0 saturated heterocycles. The van der Waals surface area contributed by atoms with Crippen LogP contribution in [0.25, 0.3) is 0 Å². The van der Waals surface area contributed by atoms with Crippen LogP contribution in [0, 0.1) is 0 Å². The van der Waals surface area contributed by atoms with Crippen LogP contribution >= 0.6 is 7.60 Å². The molecule has 0 aliphatic heterocycles. The van der Waals surface area contributed by atoms with Crippen molar-refractivity contribution in [3.05, 3.63) is 0 Å². The van der Waals surface area contributed by atoms with E-state index in [1.807, 2.05) is 0 Å². The molecule has 0 aromatic carbocycles. The topological polar surface area (TPSA) is 205 Å². The zero-order valence-electron chi connectivity index (χ0n) is 16.0. The van der Waals surface area contributed by atoms with Gasteiger partial charge in [-0.05, 0) is 19.4 Å². The number of rotatable bonds is 16. The maximum Gasteiger partial charge on any atom is 0.327 e. The molecule has 0 radical (unpaired) electrons. The van der Waals surface area contributed by atoms with Crippen LogP contribution in [0.15, 0.2) is 0 Å². The fourth-order valence-electron chi connectivity index (χ4n) is 2.57. The van der Waals surface area contributed by atoms with E-state index >= 15 is 0 Å². The van der Waals surface area contributed by atoms with Crippen LogP contribution in [0.3, 0.4) is 0 Å². The van der Waals surface area contributed by atoms with Gasteiger partial charge >= 0.3 is 7.60 Å². The Labute approximate surface area is 164 Å². The number of hydrogen-bond acceptors (Lipinski definition) is 8. The van der Waals surface area contributed by atoms with Gasteiger partial charge in [0.15, 0.2) is 0 Å². The van der Waals surface area contributed by atoms with Crippen LogP contribution in [0.1, 0.15) is 38.5 Å². The maximum absolute atomic E-state index is 12.4. The molecule has 0 unspecified atom stereocenters. The molecule has 0 aliphatic carbocycles. The quantitative estimate of drug-likeness (QED) is 0.0973. The number of hydrogen-bond donors (Lipinski definition) is 8. The maximum atomic E-state index is 12.4. The third kappa shape index (κ3) is 12.1. The molecule has 1 amide bonds. The zero-order chi connectivity index (χ0) is 21.7. The molecule has 0 rings (SSSR count). The van der Waals surface area contributed by atoms with Crippen LogP contribution in [-0.2, 0) is 9.36 Å². The van der Waals surface area contributed by atoms with Gasteiger partial charge in [-0.2, -0.15) is 0 Å². The Morgan fingerprint density at radius 2 is 1.46 bits per heavy atom. The van der Waals surface area contributed by atoms with Gasteiger partial charge in [-0.3, -0.25) is 9.36 Å². The molecule has 28 heavy (non-hydrogen) atoms. The normalized spacial score (nSPS) is 16.4. The predicted molar refractivity (Wildman–Crippen MR) is 101 cm³/mol. The summed E-state index contributed by atoms with van der Waals surface area (Å²) in [5.74, 6) is -0.448. The van der Waals surface area contributed by atoms with E-state index in [0.717, 1.165) is 30.6 Å². The van der Waals surface area contributed by atoms with Gasteiger partial charge in [0.05, 0.1) is 12.8 Å². The highest BCUT2D eigenvalue weighted by atomic mass is 31.2. The van der Waals surface area contributed by atoms with Crippen molar-refractivity contribution in [3.63, 3.8) is 0 Å². The van der Waals surface area contributed by atoms with Crippen LogP contribution in [0.2, 0.25) is 0 Å². The number of nitrogens with zero attached hydrogens (tertiary/aromatic N) is 1. The number of amides is 1. The number of carbonyl (C=O) groups excluding carboxylic acids is 1. The Kier molecular flexibility index (Phi) is 14.1. The molecule has 12 heteroatoms. The monoisotopic (exact) mass is 430 g/mol. The minimum Gasteiger partial charge on any atom is -0.394 e. The van der Waals surface area contributed by atoms with Gasteiger partial charge < -0.3 is 46.0 Å². The number of nitrogens with two attached hydrogens (primary N) is 1. The fraction of sp³-hybridized carbons (Fsp3) is 0.938. The highest BCUT2D eigenvalue weighted by Gasteiger charge is 2.32. The van der Waals surface area contributed by atoms with Crippen LogP contribution in [0.5, 0.6) is 0 Å². The molecule has 4 atom stereocenters. The van der Waals surface area contributed by atoms with Gasteiger partial charge in [0, 0.05) is 19.5 Å². The van der Waals surface area contributed by atoms with E-state index in [1.54, 1.807) is 0 Å². The van der Waals surface area contributed by atoms with Crippen molar-refractivity contribution >= 4 is 13.5 Å². The highest BCUT2D eigenvalue weighted by molar-refractivity contribution is 7.51. The smallest absolute Gasteiger partial charge is 0.327 e. The lowest BCUT2D eigenvalue weighted by molar-refractivity contribution is -0.139. The summed E-state index contributed by atoms with van der Waals surface area (Å²) < 4.78 is 11.1. The first-order valence-electron chi connectivity index (χ1n) is 9.39. The molecule has 0 aromatic heterocycles. The van der Waals surface area contributed by atoms with Crippen molar-refractivity contribution in [2.45, 2.75) is 62.9 Å². The van der Waals surface area contributed by atoms with Crippen LogP contribution in [-0.4, -0.2) is 103 Å². The highest BCUT2D eigenvalue weighted by Crippen LogP contribution is 2.33. The number of unbranched alkanes of at least 4 members (excludes halogenated alkanes) is 4. The summed E-state index contributed by atoms with van der Waals surface area (Å²) in [5, 5.41) is 47.7. The predicted octanol–water partition coefficient (Wildman–Crippen LogP) is -2.27. The Bertz CT molecular complexity index is 477. The summed E-state index contributed by atoms with van der Waals surface area (Å²) >= 11 is 0. The molecule has 168 valence electrons. The number of carbonyl (C=O) groups is 1. The standard InChI is InChI=1S/C16H35N2O9P/c17-7-5-3-1-2-4-6-14(22)18(8-9-28(25,26)27)10-12(20)15(23)16(24)13(21)11-19/h12-13,15-16,19-21,23-24H,1-11,17H2,(H2,25,26,27)/t12-,13+,15+,16+/m0/s1. The van der Waals surface area contributed by atoms with E-state index < -0.39 is 57.2 Å². The van der Waals surface area contributed by atoms with Crippen molar-refractivity contribution in [1.82, 2.24) is 4.90 Å². The summed E-state index contributed by atoms with van der Waals surface area (Å²) in [6, 6.07) is 0. The summed E-state index contributed by atoms with van der Waals surface area (Å²) in [7, 11) is -4.38. The second kappa shape index (κ2) is 14.4. The summed E-state index contributed by atoms with van der Waals surface area (Å²) in [6.07, 6.45) is -3.49. The minimum atomic E-state index is -4.38. The Morgan fingerprint density at radius 1 is 0.929 bits per heavy atom. The first-order chi connectivity index (χ1) is 13.0. The fourth-order valence-corrected chi connectivity index (χ4v) is 3.08. The summed E-state index contributed by atoms with van der Waals surface area (Å²) in [4.78, 5) is 31.5. The van der Waals surface area contributed by atoms with E-state index in [4.69, 9.17) is 20.6 Å². The van der Waals surface area contributed by atoms with Gasteiger partial charge in [-0.1, -0.05) is 19.3 Å². The van der Waals surface area contributed by atoms with E-state index in [1.165, 1.54) is 0 Å². The average Bonchev–Trinajstić information content (AvgIpc) is 2.64. The summed E-state index contributed by atoms with van der Waals surface area (Å²) in [5.41, 5.74) is 5.40. The Morgan fingerprint density at radius 3 is 2.00 bits per heavy atom. The van der Waals surface area contributed by atoms with Gasteiger partial charge in [-0.15, -0.1) is 0 Å².